The number of benzene rings is 1. The monoisotopic (exact) mass is 232 g/mol. The molecular weight excluding hydrogens is 223 g/mol. The molecule has 2 nitrogen and oxygen atoms in total. The number of carbonyl (C=O) groups is 1. The molecule has 1 N–H and O–H groups in total. The van der Waals surface area contributed by atoms with Crippen LogP contribution in [0.3, 0.4) is 0 Å². The van der Waals surface area contributed by atoms with Gasteiger partial charge in [-0.25, -0.2) is 0 Å². The molecule has 0 unspecified atom stereocenters. The van der Waals surface area contributed by atoms with E-state index >= 15 is 0 Å². The Labute approximate surface area is 92.5 Å². The molecule has 0 atom stereocenters. The van der Waals surface area contributed by atoms with Gasteiger partial charge >= 0.3 is 0 Å². The van der Waals surface area contributed by atoms with Crippen molar-refractivity contribution in [1.29, 1.82) is 0 Å². The van der Waals surface area contributed by atoms with Gasteiger partial charge in [0.25, 0.3) is 0 Å². The van der Waals surface area contributed by atoms with Crippen LogP contribution >= 0.6 is 23.2 Å². The molecule has 0 aliphatic rings. The highest BCUT2D eigenvalue weighted by atomic mass is 35.5. The number of ketones is 1. The van der Waals surface area contributed by atoms with Crippen molar-refractivity contribution in [2.75, 3.05) is 0 Å². The van der Waals surface area contributed by atoms with E-state index in [1.807, 2.05) is 0 Å². The standard InChI is InChI=1S/C10H10Cl2O2/c1-10(2,14)9(13)7-5-6(11)3-4-8(7)12/h3-5,14H,1-2H3. The summed E-state index contributed by atoms with van der Waals surface area (Å²) in [5, 5.41) is 10.2. The van der Waals surface area contributed by atoms with Crippen molar-refractivity contribution >= 4 is 29.0 Å². The maximum absolute atomic E-state index is 11.6. The Bertz CT molecular complexity index is 367. The molecule has 0 amide bonds. The van der Waals surface area contributed by atoms with Crippen molar-refractivity contribution in [1.82, 2.24) is 0 Å². The van der Waals surface area contributed by atoms with Crippen LogP contribution in [0.4, 0.5) is 0 Å². The van der Waals surface area contributed by atoms with E-state index in [2.05, 4.69) is 0 Å². The summed E-state index contributed by atoms with van der Waals surface area (Å²) in [5.74, 6) is -0.440. The first-order chi connectivity index (χ1) is 6.32. The van der Waals surface area contributed by atoms with Crippen molar-refractivity contribution < 1.29 is 9.90 Å². The maximum Gasteiger partial charge on any atom is 0.195 e. The third-order valence-electron chi connectivity index (χ3n) is 1.73. The van der Waals surface area contributed by atoms with Gasteiger partial charge in [0.1, 0.15) is 5.60 Å². The molecule has 0 aliphatic carbocycles. The fraction of sp³-hybridized carbons (Fsp3) is 0.300. The zero-order chi connectivity index (χ0) is 10.9. The Balaban J connectivity index is 3.19. The number of Topliss-reactive ketones (excluding diaryl/α,β-unsaturated/α-hetero) is 1. The van der Waals surface area contributed by atoms with Gasteiger partial charge in [-0.1, -0.05) is 23.2 Å². The van der Waals surface area contributed by atoms with E-state index in [0.717, 1.165) is 0 Å². The van der Waals surface area contributed by atoms with Crippen molar-refractivity contribution in [2.24, 2.45) is 0 Å². The van der Waals surface area contributed by atoms with E-state index < -0.39 is 11.4 Å². The molecule has 0 spiro atoms. The lowest BCUT2D eigenvalue weighted by Gasteiger charge is -2.16. The van der Waals surface area contributed by atoms with Crippen molar-refractivity contribution in [3.63, 3.8) is 0 Å². The minimum Gasteiger partial charge on any atom is -0.382 e. The molecule has 0 saturated carbocycles. The third kappa shape index (κ3) is 2.47. The van der Waals surface area contributed by atoms with Gasteiger partial charge in [0.05, 0.1) is 5.02 Å². The molecule has 0 radical (unpaired) electrons. The van der Waals surface area contributed by atoms with Crippen LogP contribution in [0.5, 0.6) is 0 Å². The van der Waals surface area contributed by atoms with Crippen LogP contribution in [0.2, 0.25) is 10.0 Å². The Hall–Kier alpha value is -0.570. The predicted octanol–water partition coefficient (Wildman–Crippen LogP) is 2.95. The number of rotatable bonds is 2. The van der Waals surface area contributed by atoms with E-state index in [4.69, 9.17) is 23.2 Å². The number of carbonyl (C=O) groups excluding carboxylic acids is 1. The molecule has 0 aromatic heterocycles. The van der Waals surface area contributed by atoms with E-state index in [0.29, 0.717) is 10.0 Å². The zero-order valence-corrected chi connectivity index (χ0v) is 9.36. The second kappa shape index (κ2) is 3.89. The summed E-state index contributed by atoms with van der Waals surface area (Å²) < 4.78 is 0. The summed E-state index contributed by atoms with van der Waals surface area (Å²) >= 11 is 11.5. The average molecular weight is 233 g/mol. The van der Waals surface area contributed by atoms with Gasteiger partial charge in [-0.2, -0.15) is 0 Å². The van der Waals surface area contributed by atoms with Crippen LogP contribution in [0.15, 0.2) is 18.2 Å². The van der Waals surface area contributed by atoms with Crippen LogP contribution in [0, 0.1) is 0 Å². The summed E-state index contributed by atoms with van der Waals surface area (Å²) in [5.41, 5.74) is -1.19. The minimum absolute atomic E-state index is 0.242. The Morgan fingerprint density at radius 2 is 1.93 bits per heavy atom. The van der Waals surface area contributed by atoms with Crippen LogP contribution < -0.4 is 0 Å². The number of aliphatic hydroxyl groups is 1. The topological polar surface area (TPSA) is 37.3 Å². The average Bonchev–Trinajstić information content (AvgIpc) is 2.06. The molecule has 0 heterocycles. The molecule has 1 rings (SSSR count). The van der Waals surface area contributed by atoms with Crippen LogP contribution in [-0.4, -0.2) is 16.5 Å². The van der Waals surface area contributed by atoms with Gasteiger partial charge in [0, 0.05) is 10.6 Å². The Kier molecular flexibility index (Phi) is 3.20. The highest BCUT2D eigenvalue weighted by Crippen LogP contribution is 2.24. The SMILES string of the molecule is CC(C)(O)C(=O)c1cc(Cl)ccc1Cl. The molecule has 14 heavy (non-hydrogen) atoms. The van der Waals surface area contributed by atoms with Gasteiger partial charge in [-0.3, -0.25) is 4.79 Å². The number of halogens is 2. The molecule has 1 aromatic carbocycles. The molecular formula is C10H10Cl2O2. The van der Waals surface area contributed by atoms with Gasteiger partial charge in [0.2, 0.25) is 0 Å². The summed E-state index contributed by atoms with van der Waals surface area (Å²) in [4.78, 5) is 11.6. The number of hydrogen-bond acceptors (Lipinski definition) is 2. The quantitative estimate of drug-likeness (QED) is 0.797. The normalized spacial score (nSPS) is 11.5. The van der Waals surface area contributed by atoms with Crippen molar-refractivity contribution in [2.45, 2.75) is 19.4 Å². The van der Waals surface area contributed by atoms with Crippen molar-refractivity contribution in [3.8, 4) is 0 Å². The first-order valence-electron chi connectivity index (χ1n) is 4.04. The first-order valence-corrected chi connectivity index (χ1v) is 4.80. The van der Waals surface area contributed by atoms with Crippen molar-refractivity contribution in [3.05, 3.63) is 33.8 Å². The smallest absolute Gasteiger partial charge is 0.195 e. The zero-order valence-electron chi connectivity index (χ0n) is 7.84. The lowest BCUT2D eigenvalue weighted by molar-refractivity contribution is 0.0488. The van der Waals surface area contributed by atoms with Crippen LogP contribution in [0.1, 0.15) is 24.2 Å². The number of hydrogen-bond donors (Lipinski definition) is 1. The van der Waals surface area contributed by atoms with Crippen LogP contribution in [0.25, 0.3) is 0 Å². The molecule has 76 valence electrons. The molecule has 0 fully saturated rings. The Morgan fingerprint density at radius 3 is 2.43 bits per heavy atom. The van der Waals surface area contributed by atoms with E-state index in [1.165, 1.54) is 26.0 Å². The largest absolute Gasteiger partial charge is 0.382 e. The maximum atomic E-state index is 11.6. The molecule has 0 bridgehead atoms. The van der Waals surface area contributed by atoms with Gasteiger partial charge in [-0.05, 0) is 32.0 Å². The van der Waals surface area contributed by atoms with Gasteiger partial charge in [-0.15, -0.1) is 0 Å². The summed E-state index contributed by atoms with van der Waals surface area (Å²) in [7, 11) is 0. The van der Waals surface area contributed by atoms with E-state index in [1.54, 1.807) is 6.07 Å². The highest BCUT2D eigenvalue weighted by molar-refractivity contribution is 6.36. The molecule has 0 saturated heterocycles. The second-order valence-electron chi connectivity index (χ2n) is 3.51. The lowest BCUT2D eigenvalue weighted by Crippen LogP contribution is -2.31. The summed E-state index contributed by atoms with van der Waals surface area (Å²) in [6, 6.07) is 4.57. The minimum atomic E-state index is -1.44. The van der Waals surface area contributed by atoms with Crippen LogP contribution in [-0.2, 0) is 0 Å². The Morgan fingerprint density at radius 1 is 1.36 bits per heavy atom. The molecule has 4 heteroatoms. The lowest BCUT2D eigenvalue weighted by atomic mass is 9.97. The first kappa shape index (κ1) is 11.5. The predicted molar refractivity (Wildman–Crippen MR) is 57.1 cm³/mol. The van der Waals surface area contributed by atoms with Gasteiger partial charge < -0.3 is 5.11 Å². The fourth-order valence-electron chi connectivity index (χ4n) is 1.00. The molecule has 0 aliphatic heterocycles. The summed E-state index contributed by atoms with van der Waals surface area (Å²) in [6.07, 6.45) is 0. The van der Waals surface area contributed by atoms with E-state index in [9.17, 15) is 9.90 Å². The van der Waals surface area contributed by atoms with E-state index in [-0.39, 0.29) is 5.56 Å². The highest BCUT2D eigenvalue weighted by Gasteiger charge is 2.27. The second-order valence-corrected chi connectivity index (χ2v) is 4.36. The fourth-order valence-corrected chi connectivity index (χ4v) is 1.38. The summed E-state index contributed by atoms with van der Waals surface area (Å²) in [6.45, 7) is 2.82. The van der Waals surface area contributed by atoms with Gasteiger partial charge in [0.15, 0.2) is 5.78 Å². The third-order valence-corrected chi connectivity index (χ3v) is 2.29. The molecule has 1 aromatic rings.